The lowest BCUT2D eigenvalue weighted by molar-refractivity contribution is 0.226. The number of fused-ring (bicyclic) bond motifs is 1. The molecule has 116 valence electrons. The molecule has 0 spiro atoms. The molecule has 0 aromatic carbocycles. The van der Waals surface area contributed by atoms with Gasteiger partial charge in [0.15, 0.2) is 0 Å². The fourth-order valence-corrected chi connectivity index (χ4v) is 4.08. The van der Waals surface area contributed by atoms with Crippen LogP contribution in [0.2, 0.25) is 0 Å². The number of hydrogen-bond acceptors (Lipinski definition) is 6. The van der Waals surface area contributed by atoms with Crippen molar-refractivity contribution in [1.82, 2.24) is 20.7 Å². The fourth-order valence-electron chi connectivity index (χ4n) is 3.33. The van der Waals surface area contributed by atoms with Crippen molar-refractivity contribution in [3.05, 3.63) is 46.9 Å². The van der Waals surface area contributed by atoms with Gasteiger partial charge in [0.05, 0.1) is 12.2 Å². The van der Waals surface area contributed by atoms with Crippen LogP contribution in [-0.4, -0.2) is 41.7 Å². The van der Waals surface area contributed by atoms with Gasteiger partial charge in [0, 0.05) is 42.7 Å². The van der Waals surface area contributed by atoms with Crippen molar-refractivity contribution in [2.75, 3.05) is 19.7 Å². The van der Waals surface area contributed by atoms with E-state index >= 15 is 0 Å². The van der Waals surface area contributed by atoms with Crippen LogP contribution < -0.4 is 15.6 Å². The maximum absolute atomic E-state index is 5.86. The highest BCUT2D eigenvalue weighted by atomic mass is 32.1. The number of pyridine rings is 1. The molecule has 0 saturated carbocycles. The topological polar surface area (TPSA) is 49.4 Å². The van der Waals surface area contributed by atoms with Gasteiger partial charge in [-0.3, -0.25) is 20.7 Å². The lowest BCUT2D eigenvalue weighted by Gasteiger charge is -2.20. The maximum atomic E-state index is 5.86. The number of rotatable bonds is 5. The van der Waals surface area contributed by atoms with Crippen LogP contribution in [0.25, 0.3) is 0 Å². The number of nitrogens with one attached hydrogen (secondary N) is 2. The summed E-state index contributed by atoms with van der Waals surface area (Å²) in [4.78, 5) is 8.06. The van der Waals surface area contributed by atoms with Crippen molar-refractivity contribution in [3.63, 3.8) is 0 Å². The van der Waals surface area contributed by atoms with Crippen molar-refractivity contribution in [1.29, 1.82) is 0 Å². The van der Waals surface area contributed by atoms with Gasteiger partial charge in [0.25, 0.3) is 0 Å². The lowest BCUT2D eigenvalue weighted by Crippen LogP contribution is -2.41. The monoisotopic (exact) mass is 316 g/mol. The molecule has 2 aliphatic rings. The van der Waals surface area contributed by atoms with Crippen LogP contribution >= 0.6 is 11.3 Å². The second kappa shape index (κ2) is 6.34. The number of hydrazine groups is 1. The molecule has 0 bridgehead atoms. The van der Waals surface area contributed by atoms with Gasteiger partial charge in [-0.25, -0.2) is 0 Å². The molecule has 4 heterocycles. The van der Waals surface area contributed by atoms with E-state index in [1.807, 2.05) is 23.5 Å². The van der Waals surface area contributed by atoms with E-state index in [0.29, 0.717) is 24.6 Å². The Hall–Kier alpha value is -1.47. The Labute approximate surface area is 134 Å². The molecule has 3 atom stereocenters. The molecule has 3 unspecified atom stereocenters. The summed E-state index contributed by atoms with van der Waals surface area (Å²) in [7, 11) is 0. The van der Waals surface area contributed by atoms with Crippen molar-refractivity contribution in [2.45, 2.75) is 18.6 Å². The standard InChI is InChI=1S/C16H20N4OS/c1-3-12(7-17-5-1)21-11-16-14-9-20(10-15(14)18-19-16)8-13-4-2-6-22-13/h1-7,14-16,18-19H,8-11H2. The van der Waals surface area contributed by atoms with Gasteiger partial charge in [-0.1, -0.05) is 6.07 Å². The summed E-state index contributed by atoms with van der Waals surface area (Å²) in [5, 5.41) is 2.15. The van der Waals surface area contributed by atoms with E-state index in [4.69, 9.17) is 4.74 Å². The molecular formula is C16H20N4OS. The first-order chi connectivity index (χ1) is 10.9. The Morgan fingerprint density at radius 1 is 1.27 bits per heavy atom. The van der Waals surface area contributed by atoms with Crippen LogP contribution in [0, 0.1) is 5.92 Å². The maximum Gasteiger partial charge on any atom is 0.137 e. The number of ether oxygens (including phenoxy) is 1. The van der Waals surface area contributed by atoms with Crippen LogP contribution in [0.1, 0.15) is 4.88 Å². The van der Waals surface area contributed by atoms with Crippen LogP contribution in [0.3, 0.4) is 0 Å². The molecule has 2 fully saturated rings. The van der Waals surface area contributed by atoms with Gasteiger partial charge in [-0.05, 0) is 23.6 Å². The SMILES string of the molecule is c1cncc(OCC2NNC3CN(Cc4cccs4)CC23)c1. The Balaban J connectivity index is 1.32. The highest BCUT2D eigenvalue weighted by molar-refractivity contribution is 7.09. The number of thiophene rings is 1. The van der Waals surface area contributed by atoms with E-state index in [1.54, 1.807) is 12.4 Å². The third-order valence-corrected chi connectivity index (χ3v) is 5.30. The van der Waals surface area contributed by atoms with E-state index in [9.17, 15) is 0 Å². The van der Waals surface area contributed by atoms with E-state index < -0.39 is 0 Å². The first-order valence-electron chi connectivity index (χ1n) is 7.67. The fraction of sp³-hybridized carbons (Fsp3) is 0.438. The summed E-state index contributed by atoms with van der Waals surface area (Å²) in [5.74, 6) is 1.43. The van der Waals surface area contributed by atoms with Crippen molar-refractivity contribution < 1.29 is 4.74 Å². The van der Waals surface area contributed by atoms with E-state index in [2.05, 4.69) is 38.2 Å². The normalized spacial score (nSPS) is 27.9. The number of likely N-dealkylation sites (tertiary alicyclic amines) is 1. The third kappa shape index (κ3) is 3.01. The molecule has 22 heavy (non-hydrogen) atoms. The Morgan fingerprint density at radius 2 is 2.27 bits per heavy atom. The average molecular weight is 316 g/mol. The lowest BCUT2D eigenvalue weighted by atomic mass is 9.98. The summed E-state index contributed by atoms with van der Waals surface area (Å²) in [5.41, 5.74) is 6.82. The number of hydrogen-bond donors (Lipinski definition) is 2. The molecule has 2 saturated heterocycles. The van der Waals surface area contributed by atoms with Gasteiger partial charge in [0.1, 0.15) is 12.4 Å². The molecule has 0 aliphatic carbocycles. The minimum absolute atomic E-state index is 0.346. The Kier molecular flexibility index (Phi) is 4.07. The summed E-state index contributed by atoms with van der Waals surface area (Å²) in [6.45, 7) is 3.94. The molecule has 0 amide bonds. The van der Waals surface area contributed by atoms with Crippen molar-refractivity contribution >= 4 is 11.3 Å². The first-order valence-corrected chi connectivity index (χ1v) is 8.55. The number of nitrogens with zero attached hydrogens (tertiary/aromatic N) is 2. The molecule has 6 heteroatoms. The zero-order valence-electron chi connectivity index (χ0n) is 12.3. The van der Waals surface area contributed by atoms with Gasteiger partial charge >= 0.3 is 0 Å². The number of aromatic nitrogens is 1. The van der Waals surface area contributed by atoms with Crippen molar-refractivity contribution in [2.24, 2.45) is 5.92 Å². The molecular weight excluding hydrogens is 296 g/mol. The minimum Gasteiger partial charge on any atom is -0.490 e. The smallest absolute Gasteiger partial charge is 0.137 e. The highest BCUT2D eigenvalue weighted by Gasteiger charge is 2.42. The summed E-state index contributed by atoms with van der Waals surface area (Å²) < 4.78 is 5.86. The quantitative estimate of drug-likeness (QED) is 0.875. The van der Waals surface area contributed by atoms with E-state index in [1.165, 1.54) is 4.88 Å². The van der Waals surface area contributed by atoms with Crippen LogP contribution in [-0.2, 0) is 6.54 Å². The van der Waals surface area contributed by atoms with E-state index in [0.717, 1.165) is 25.4 Å². The van der Waals surface area contributed by atoms with Gasteiger partial charge in [-0.2, -0.15) is 0 Å². The molecule has 0 radical (unpaired) electrons. The third-order valence-electron chi connectivity index (χ3n) is 4.44. The Bertz CT molecular complexity index is 591. The zero-order valence-corrected chi connectivity index (χ0v) is 13.1. The predicted molar refractivity (Wildman–Crippen MR) is 86.7 cm³/mol. The molecule has 2 N–H and O–H groups in total. The molecule has 5 nitrogen and oxygen atoms in total. The largest absolute Gasteiger partial charge is 0.490 e. The summed E-state index contributed by atoms with van der Waals surface area (Å²) in [6.07, 6.45) is 3.52. The predicted octanol–water partition coefficient (Wildman–Crippen LogP) is 1.50. The summed E-state index contributed by atoms with van der Waals surface area (Å²) >= 11 is 1.84. The second-order valence-electron chi connectivity index (χ2n) is 5.94. The van der Waals surface area contributed by atoms with Gasteiger partial charge in [0.2, 0.25) is 0 Å². The molecule has 2 aromatic rings. The van der Waals surface area contributed by atoms with Crippen LogP contribution in [0.4, 0.5) is 0 Å². The van der Waals surface area contributed by atoms with E-state index in [-0.39, 0.29) is 0 Å². The minimum atomic E-state index is 0.346. The first kappa shape index (κ1) is 14.1. The highest BCUT2D eigenvalue weighted by Crippen LogP contribution is 2.26. The Morgan fingerprint density at radius 3 is 3.09 bits per heavy atom. The van der Waals surface area contributed by atoms with Crippen LogP contribution in [0.15, 0.2) is 42.0 Å². The van der Waals surface area contributed by atoms with Gasteiger partial charge < -0.3 is 4.74 Å². The average Bonchev–Trinajstić information content (AvgIpc) is 3.25. The second-order valence-corrected chi connectivity index (χ2v) is 6.97. The zero-order chi connectivity index (χ0) is 14.8. The van der Waals surface area contributed by atoms with Crippen molar-refractivity contribution in [3.8, 4) is 5.75 Å². The molecule has 4 rings (SSSR count). The molecule has 2 aliphatic heterocycles. The molecule has 2 aromatic heterocycles. The van der Waals surface area contributed by atoms with Gasteiger partial charge in [-0.15, -0.1) is 11.3 Å². The van der Waals surface area contributed by atoms with Crippen LogP contribution in [0.5, 0.6) is 5.75 Å². The summed E-state index contributed by atoms with van der Waals surface area (Å²) in [6, 6.07) is 9.05.